The quantitative estimate of drug-likeness (QED) is 0.394. The number of halogens is 5. The normalized spacial score (nSPS) is 20.5. The van der Waals surface area contributed by atoms with Crippen LogP contribution in [0.4, 0.5) is 27.6 Å². The van der Waals surface area contributed by atoms with Crippen LogP contribution < -0.4 is 10.6 Å². The molecule has 1 aromatic heterocycles. The lowest BCUT2D eigenvalue weighted by Crippen LogP contribution is -2.46. The van der Waals surface area contributed by atoms with Crippen LogP contribution in [0, 0.1) is 5.92 Å². The van der Waals surface area contributed by atoms with Crippen molar-refractivity contribution in [1.82, 2.24) is 20.1 Å². The number of anilines is 1. The van der Waals surface area contributed by atoms with E-state index in [1.54, 1.807) is 4.90 Å². The van der Waals surface area contributed by atoms with Crippen LogP contribution in [-0.4, -0.2) is 65.4 Å². The monoisotopic (exact) mass is 565 g/mol. The van der Waals surface area contributed by atoms with E-state index in [4.69, 9.17) is 0 Å². The van der Waals surface area contributed by atoms with Crippen LogP contribution in [0.25, 0.3) is 0 Å². The van der Waals surface area contributed by atoms with Crippen LogP contribution >= 0.6 is 0 Å². The third-order valence-corrected chi connectivity index (χ3v) is 8.04. The molecule has 0 spiro atoms. The van der Waals surface area contributed by atoms with E-state index in [0.29, 0.717) is 13.0 Å². The van der Waals surface area contributed by atoms with Gasteiger partial charge in [0.15, 0.2) is 0 Å². The fraction of sp³-hybridized carbons (Fsp3) is 0.586. The van der Waals surface area contributed by atoms with Gasteiger partial charge < -0.3 is 10.6 Å². The SMILES string of the molecule is O=C(NCc1ncccc1C(F)(F)F)C(CCN1CCCC(F)(F)C1)Nc1cccc2c1CN(CC1CC1)CC2. The molecule has 2 fully saturated rings. The molecule has 6 nitrogen and oxygen atoms in total. The molecule has 1 saturated carbocycles. The van der Waals surface area contributed by atoms with Gasteiger partial charge in [0, 0.05) is 44.5 Å². The Morgan fingerprint density at radius 1 is 1.12 bits per heavy atom. The smallest absolute Gasteiger partial charge is 0.373 e. The predicted octanol–water partition coefficient (Wildman–Crippen LogP) is 5.09. The summed E-state index contributed by atoms with van der Waals surface area (Å²) in [6.07, 6.45) is 0.530. The minimum Gasteiger partial charge on any atom is -0.373 e. The van der Waals surface area contributed by atoms with Crippen molar-refractivity contribution in [3.63, 3.8) is 0 Å². The summed E-state index contributed by atoms with van der Waals surface area (Å²) in [5.74, 6) is -2.51. The van der Waals surface area contributed by atoms with Crippen molar-refractivity contribution >= 4 is 11.6 Å². The number of benzene rings is 1. The molecule has 0 radical (unpaired) electrons. The number of likely N-dealkylation sites (tertiary alicyclic amines) is 1. The van der Waals surface area contributed by atoms with Gasteiger partial charge in [-0.15, -0.1) is 0 Å². The number of hydrogen-bond donors (Lipinski definition) is 2. The Bertz CT molecular complexity index is 1190. The molecule has 2 aromatic rings. The zero-order chi connectivity index (χ0) is 28.3. The number of amides is 1. The summed E-state index contributed by atoms with van der Waals surface area (Å²) < 4.78 is 68.4. The summed E-state index contributed by atoms with van der Waals surface area (Å²) in [6, 6.07) is 7.25. The maximum atomic E-state index is 14.0. The molecule has 1 unspecified atom stereocenters. The topological polar surface area (TPSA) is 60.5 Å². The zero-order valence-corrected chi connectivity index (χ0v) is 22.5. The highest BCUT2D eigenvalue weighted by Crippen LogP contribution is 2.34. The van der Waals surface area contributed by atoms with Crippen molar-refractivity contribution in [1.29, 1.82) is 0 Å². The van der Waals surface area contributed by atoms with Crippen LogP contribution in [0.15, 0.2) is 36.5 Å². The second-order valence-electron chi connectivity index (χ2n) is 11.3. The first-order chi connectivity index (χ1) is 19.1. The van der Waals surface area contributed by atoms with E-state index >= 15 is 0 Å². The maximum Gasteiger partial charge on any atom is 0.418 e. The zero-order valence-electron chi connectivity index (χ0n) is 22.5. The molecule has 2 aliphatic heterocycles. The third-order valence-electron chi connectivity index (χ3n) is 8.04. The molecular weight excluding hydrogens is 529 g/mol. The first-order valence-electron chi connectivity index (χ1n) is 14.1. The lowest BCUT2D eigenvalue weighted by Gasteiger charge is -2.34. The third kappa shape index (κ3) is 7.48. The van der Waals surface area contributed by atoms with E-state index in [0.717, 1.165) is 49.3 Å². The van der Waals surface area contributed by atoms with Crippen LogP contribution in [0.3, 0.4) is 0 Å². The van der Waals surface area contributed by atoms with Gasteiger partial charge in [0.1, 0.15) is 6.04 Å². The van der Waals surface area contributed by atoms with Gasteiger partial charge in [0.05, 0.1) is 24.3 Å². The van der Waals surface area contributed by atoms with Crippen LogP contribution in [0.2, 0.25) is 0 Å². The van der Waals surface area contributed by atoms with Crippen LogP contribution in [-0.2, 0) is 30.5 Å². The number of fused-ring (bicyclic) bond motifs is 1. The minimum absolute atomic E-state index is 0.148. The van der Waals surface area contributed by atoms with E-state index < -0.39 is 36.2 Å². The molecular formula is C29H36F5N5O. The Kier molecular flexibility index (Phi) is 8.61. The van der Waals surface area contributed by atoms with E-state index in [1.165, 1.54) is 30.7 Å². The van der Waals surface area contributed by atoms with Gasteiger partial charge in [-0.05, 0) is 73.9 Å². The molecule has 2 N–H and O–H groups in total. The number of aromatic nitrogens is 1. The average Bonchev–Trinajstić information content (AvgIpc) is 3.73. The molecule has 1 aromatic carbocycles. The van der Waals surface area contributed by atoms with Gasteiger partial charge in [-0.1, -0.05) is 12.1 Å². The van der Waals surface area contributed by atoms with Crippen molar-refractivity contribution in [2.75, 3.05) is 38.0 Å². The highest BCUT2D eigenvalue weighted by atomic mass is 19.4. The largest absolute Gasteiger partial charge is 0.418 e. The average molecular weight is 566 g/mol. The Labute approximate surface area is 231 Å². The standard InChI is InChI=1S/C29H36F5N5O/c30-28(31)11-3-13-38(19-28)15-10-25(27(40)36-16-26-23(29(32,33)34)5-2-12-35-26)37-24-6-1-4-21-9-14-39(18-22(21)24)17-20-7-8-20/h1-2,4-6,12,20,25,37H,3,7-11,13-19H2,(H,36,40). The highest BCUT2D eigenvalue weighted by molar-refractivity contribution is 5.85. The predicted molar refractivity (Wildman–Crippen MR) is 142 cm³/mol. The lowest BCUT2D eigenvalue weighted by molar-refractivity contribution is -0.138. The van der Waals surface area contributed by atoms with Gasteiger partial charge >= 0.3 is 6.18 Å². The molecule has 3 aliphatic rings. The Hall–Kier alpha value is -2.79. The number of piperidine rings is 1. The molecule has 5 rings (SSSR count). The molecule has 1 amide bonds. The summed E-state index contributed by atoms with van der Waals surface area (Å²) in [7, 11) is 0. The summed E-state index contributed by atoms with van der Waals surface area (Å²) >= 11 is 0. The van der Waals surface area contributed by atoms with Gasteiger partial charge in [-0.2, -0.15) is 13.2 Å². The van der Waals surface area contributed by atoms with Crippen LogP contribution in [0.1, 0.15) is 54.5 Å². The molecule has 11 heteroatoms. The highest BCUT2D eigenvalue weighted by Gasteiger charge is 2.36. The van der Waals surface area contributed by atoms with Crippen molar-refractivity contribution in [2.24, 2.45) is 5.92 Å². The lowest BCUT2D eigenvalue weighted by atomic mass is 9.97. The fourth-order valence-corrected chi connectivity index (χ4v) is 5.73. The number of hydrogen-bond acceptors (Lipinski definition) is 5. The number of rotatable bonds is 10. The summed E-state index contributed by atoms with van der Waals surface area (Å²) in [4.78, 5) is 21.3. The molecule has 3 heterocycles. The number of pyridine rings is 1. The Morgan fingerprint density at radius 3 is 2.70 bits per heavy atom. The number of nitrogens with zero attached hydrogens (tertiary/aromatic N) is 3. The molecule has 218 valence electrons. The Balaban J connectivity index is 1.31. The number of alkyl halides is 5. The summed E-state index contributed by atoms with van der Waals surface area (Å²) in [5.41, 5.74) is 1.95. The Morgan fingerprint density at radius 2 is 1.95 bits per heavy atom. The second-order valence-corrected chi connectivity index (χ2v) is 11.3. The molecule has 1 saturated heterocycles. The van der Waals surface area contributed by atoms with Crippen molar-refractivity contribution in [3.8, 4) is 0 Å². The van der Waals surface area contributed by atoms with Crippen molar-refractivity contribution in [2.45, 2.75) is 69.8 Å². The van der Waals surface area contributed by atoms with E-state index in [9.17, 15) is 26.7 Å². The maximum absolute atomic E-state index is 14.0. The van der Waals surface area contributed by atoms with E-state index in [-0.39, 0.29) is 31.6 Å². The molecule has 1 aliphatic carbocycles. The van der Waals surface area contributed by atoms with Crippen LogP contribution in [0.5, 0.6) is 0 Å². The van der Waals surface area contributed by atoms with Gasteiger partial charge in [0.2, 0.25) is 5.91 Å². The number of carbonyl (C=O) groups is 1. The number of nitrogens with one attached hydrogen (secondary N) is 2. The second kappa shape index (κ2) is 12.0. The minimum atomic E-state index is -4.60. The van der Waals surface area contributed by atoms with E-state index in [2.05, 4.69) is 26.6 Å². The van der Waals surface area contributed by atoms with Crippen molar-refractivity contribution < 1.29 is 26.7 Å². The first kappa shape index (κ1) is 28.7. The number of carbonyl (C=O) groups excluding carboxylic acids is 1. The van der Waals surface area contributed by atoms with Crippen molar-refractivity contribution in [3.05, 3.63) is 58.9 Å². The molecule has 1 atom stereocenters. The van der Waals surface area contributed by atoms with Gasteiger partial charge in [0.25, 0.3) is 5.92 Å². The fourth-order valence-electron chi connectivity index (χ4n) is 5.73. The molecule has 40 heavy (non-hydrogen) atoms. The summed E-state index contributed by atoms with van der Waals surface area (Å²) in [6.45, 7) is 2.81. The van der Waals surface area contributed by atoms with Gasteiger partial charge in [-0.3, -0.25) is 19.6 Å². The molecule has 0 bridgehead atoms. The first-order valence-corrected chi connectivity index (χ1v) is 14.1. The van der Waals surface area contributed by atoms with Gasteiger partial charge in [-0.25, -0.2) is 8.78 Å². The summed E-state index contributed by atoms with van der Waals surface area (Å²) in [5, 5.41) is 5.96. The van der Waals surface area contributed by atoms with E-state index in [1.807, 2.05) is 12.1 Å².